The van der Waals surface area contributed by atoms with Crippen molar-refractivity contribution in [2.75, 3.05) is 13.6 Å². The number of carbonyl (C=O) groups is 2. The zero-order valence-electron chi connectivity index (χ0n) is 24.5. The quantitative estimate of drug-likeness (QED) is 0.0962. The Morgan fingerprint density at radius 3 is 2.60 bits per heavy atom. The number of hydroxylamine groups is 2. The van der Waals surface area contributed by atoms with Crippen LogP contribution in [0.1, 0.15) is 0 Å². The van der Waals surface area contributed by atoms with Gasteiger partial charge in [0.15, 0.2) is 17.6 Å². The Morgan fingerprint density at radius 1 is 1.13 bits per heavy atom. The third-order valence-electron chi connectivity index (χ3n) is 7.72. The molecule has 0 saturated carbocycles. The summed E-state index contributed by atoms with van der Waals surface area (Å²) in [5, 5.41) is 55.3. The Morgan fingerprint density at radius 2 is 1.89 bits per heavy atom. The van der Waals surface area contributed by atoms with E-state index in [1.54, 1.807) is 30.6 Å². The van der Waals surface area contributed by atoms with Gasteiger partial charge in [-0.1, -0.05) is 12.1 Å². The molecule has 246 valence electrons. The topological polar surface area (TPSA) is 230 Å². The van der Waals surface area contributed by atoms with Crippen molar-refractivity contribution < 1.29 is 58.6 Å². The van der Waals surface area contributed by atoms with Gasteiger partial charge in [0, 0.05) is 17.9 Å². The van der Waals surface area contributed by atoms with Gasteiger partial charge in [-0.05, 0) is 43.0 Å². The Kier molecular flexibility index (Phi) is 8.78. The number of nitrogens with zero attached hydrogens (tertiary/aromatic N) is 2. The van der Waals surface area contributed by atoms with Crippen LogP contribution in [0.5, 0.6) is 11.5 Å². The van der Waals surface area contributed by atoms with Crippen LogP contribution in [-0.4, -0.2) is 105 Å². The second-order valence-corrected chi connectivity index (χ2v) is 10.8. The summed E-state index contributed by atoms with van der Waals surface area (Å²) >= 11 is 0. The van der Waals surface area contributed by atoms with E-state index in [9.17, 15) is 39.9 Å². The van der Waals surface area contributed by atoms with Crippen molar-refractivity contribution in [1.29, 1.82) is 0 Å². The number of aromatic hydroxyl groups is 1. The van der Waals surface area contributed by atoms with Crippen molar-refractivity contribution in [1.82, 2.24) is 10.4 Å². The minimum atomic E-state index is -2.24. The third kappa shape index (κ3) is 6.33. The highest BCUT2D eigenvalue weighted by Crippen LogP contribution is 2.33. The first-order chi connectivity index (χ1) is 22.5. The van der Waals surface area contributed by atoms with Crippen molar-refractivity contribution in [3.05, 3.63) is 82.5 Å². The fraction of sp³-hybridized carbons (Fsp3) is 0.290. The van der Waals surface area contributed by atoms with Gasteiger partial charge in [0.25, 0.3) is 0 Å². The average Bonchev–Trinajstić information content (AvgIpc) is 3.64. The van der Waals surface area contributed by atoms with Gasteiger partial charge in [0.05, 0.1) is 29.4 Å². The third-order valence-corrected chi connectivity index (χ3v) is 7.72. The van der Waals surface area contributed by atoms with Gasteiger partial charge < -0.3 is 44.2 Å². The number of rotatable bonds is 10. The summed E-state index contributed by atoms with van der Waals surface area (Å²) in [5.74, 6) is -2.85. The van der Waals surface area contributed by atoms with Crippen molar-refractivity contribution in [2.24, 2.45) is 4.99 Å². The second kappa shape index (κ2) is 13.0. The van der Waals surface area contributed by atoms with E-state index in [0.717, 1.165) is 5.57 Å². The summed E-state index contributed by atoms with van der Waals surface area (Å²) in [4.78, 5) is 47.1. The van der Waals surface area contributed by atoms with Crippen LogP contribution in [0.15, 0.2) is 86.5 Å². The molecule has 16 nitrogen and oxygen atoms in total. The number of benzene rings is 2. The maximum Gasteiger partial charge on any atom is 0.337 e. The van der Waals surface area contributed by atoms with Crippen LogP contribution in [0.4, 0.5) is 0 Å². The molecule has 3 aliphatic heterocycles. The molecule has 0 unspecified atom stereocenters. The van der Waals surface area contributed by atoms with Gasteiger partial charge in [-0.2, -0.15) is 0 Å². The largest absolute Gasteiger partial charge is 0.508 e. The number of phenols is 1. The van der Waals surface area contributed by atoms with Crippen molar-refractivity contribution in [3.8, 4) is 22.6 Å². The minimum Gasteiger partial charge on any atom is -0.508 e. The number of fused-ring (bicyclic) bond motifs is 2. The van der Waals surface area contributed by atoms with Gasteiger partial charge >= 0.3 is 11.9 Å². The minimum absolute atomic E-state index is 0.0377. The summed E-state index contributed by atoms with van der Waals surface area (Å²) in [6, 6.07) is 8.44. The van der Waals surface area contributed by atoms with Crippen LogP contribution in [0, 0.1) is 0 Å². The number of aliphatic hydroxyl groups excluding tert-OH is 3. The molecule has 1 fully saturated rings. The monoisotopic (exact) mass is 651 g/mol. The fourth-order valence-electron chi connectivity index (χ4n) is 5.26. The lowest BCUT2D eigenvalue weighted by atomic mass is 9.98. The molecule has 7 atom stereocenters. The van der Waals surface area contributed by atoms with E-state index in [2.05, 4.69) is 10.3 Å². The van der Waals surface area contributed by atoms with Gasteiger partial charge in [-0.15, -0.1) is 0 Å². The Balaban J connectivity index is 1.27. The molecular formula is C31H29N3O13. The number of phenolic OH excluding ortho intramolecular Hbond substituents is 1. The van der Waals surface area contributed by atoms with E-state index in [0.29, 0.717) is 11.3 Å². The SMILES string of the molecule is CN[C@H](C(=O)O)C(=O)O[C@H](O)[C@@H]1O[C@H](Oc2ccc3c(=O)c(-c4ccc(O)cc4)coc3c2)[C@@H](ON2C=C3N=CC=C3C2)[C@H](O)[C@H]1O. The van der Waals surface area contributed by atoms with Gasteiger partial charge in [0.1, 0.15) is 35.6 Å². The van der Waals surface area contributed by atoms with Crippen LogP contribution in [-0.2, 0) is 23.9 Å². The number of aliphatic hydroxyl groups is 3. The normalized spacial score (nSPS) is 24.8. The molecule has 3 aliphatic rings. The molecule has 0 bridgehead atoms. The zero-order chi connectivity index (χ0) is 33.4. The first-order valence-electron chi connectivity index (χ1n) is 14.2. The molecule has 1 aromatic heterocycles. The Labute approximate surface area is 264 Å². The number of hydrogen-bond donors (Lipinski definition) is 6. The van der Waals surface area contributed by atoms with Gasteiger partial charge in [-0.3, -0.25) is 25.0 Å². The molecule has 0 amide bonds. The van der Waals surface area contributed by atoms with Crippen LogP contribution < -0.4 is 15.5 Å². The van der Waals surface area contributed by atoms with Crippen LogP contribution in [0.25, 0.3) is 22.1 Å². The molecule has 0 aliphatic carbocycles. The number of esters is 1. The first-order valence-corrected chi connectivity index (χ1v) is 14.2. The predicted octanol–water partition coefficient (Wildman–Crippen LogP) is -0.00670. The van der Waals surface area contributed by atoms with E-state index in [1.165, 1.54) is 48.7 Å². The molecule has 1 saturated heterocycles. The summed E-state index contributed by atoms with van der Waals surface area (Å²) in [6.07, 6.45) is -4.56. The number of ether oxygens (including phenoxy) is 3. The molecule has 47 heavy (non-hydrogen) atoms. The Hall–Kier alpha value is -5.10. The van der Waals surface area contributed by atoms with Crippen LogP contribution >= 0.6 is 0 Å². The fourth-order valence-corrected chi connectivity index (χ4v) is 5.26. The highest BCUT2D eigenvalue weighted by Gasteiger charge is 2.51. The van der Waals surface area contributed by atoms with Crippen LogP contribution in [0.2, 0.25) is 0 Å². The first kappa shape index (κ1) is 31.9. The summed E-state index contributed by atoms with van der Waals surface area (Å²) in [5.41, 5.74) is 2.02. The second-order valence-electron chi connectivity index (χ2n) is 10.8. The van der Waals surface area contributed by atoms with E-state index in [1.807, 2.05) is 0 Å². The lowest BCUT2D eigenvalue weighted by molar-refractivity contribution is -0.345. The Bertz CT molecular complexity index is 1840. The zero-order valence-corrected chi connectivity index (χ0v) is 24.5. The van der Waals surface area contributed by atoms with E-state index < -0.39 is 55.0 Å². The summed E-state index contributed by atoms with van der Waals surface area (Å²) < 4.78 is 22.4. The number of carboxylic acid groups (broad SMARTS) is 1. The standard InChI is InChI=1S/C31H29N3O13/c1-32-22(28(39)40)29(41)46-30(42)26-24(37)25(38)27(47-34-11-15-8-9-33-20(15)12-34)31(45-26)44-17-6-7-18-21(10-17)43-13-19(23(18)36)14-2-4-16(35)5-3-14/h2-10,12-13,22,24-27,30-32,35,37-38,42H,11H2,1H3,(H,39,40)/t22-,24-,25-,26-,27+,30+,31+/m1/s1. The molecule has 6 N–H and O–H groups in total. The summed E-state index contributed by atoms with van der Waals surface area (Å²) in [6.45, 7) is 0.246. The molecule has 0 spiro atoms. The van der Waals surface area contributed by atoms with Crippen LogP contribution in [0.3, 0.4) is 0 Å². The highest BCUT2D eigenvalue weighted by molar-refractivity contribution is 5.98. The number of aliphatic carboxylic acids is 1. The number of carboxylic acids is 1. The van der Waals surface area contributed by atoms with E-state index >= 15 is 0 Å². The number of allylic oxidation sites excluding steroid dienone is 1. The van der Waals surface area contributed by atoms with Gasteiger partial charge in [0.2, 0.25) is 18.6 Å². The molecule has 3 aromatic rings. The molecule has 6 rings (SSSR count). The highest BCUT2D eigenvalue weighted by atomic mass is 16.8. The van der Waals surface area contributed by atoms with E-state index in [-0.39, 0.29) is 40.0 Å². The number of likely N-dealkylation sites (N-methyl/N-ethyl adjacent to an activating group) is 1. The molecule has 16 heteroatoms. The maximum atomic E-state index is 13.2. The molecule has 4 heterocycles. The van der Waals surface area contributed by atoms with E-state index in [4.69, 9.17) is 23.5 Å². The predicted molar refractivity (Wildman–Crippen MR) is 160 cm³/mol. The number of hydrogen-bond acceptors (Lipinski definition) is 15. The molecule has 0 radical (unpaired) electrons. The molecule has 2 aromatic carbocycles. The van der Waals surface area contributed by atoms with Crippen molar-refractivity contribution in [3.63, 3.8) is 0 Å². The lowest BCUT2D eigenvalue weighted by Gasteiger charge is -2.43. The lowest BCUT2D eigenvalue weighted by Crippen LogP contribution is -2.64. The number of carbonyl (C=O) groups excluding carboxylic acids is 1. The van der Waals surface area contributed by atoms with Crippen molar-refractivity contribution >= 4 is 29.1 Å². The van der Waals surface area contributed by atoms with Gasteiger partial charge in [-0.25, -0.2) is 9.59 Å². The maximum absolute atomic E-state index is 13.2. The summed E-state index contributed by atoms with van der Waals surface area (Å²) in [7, 11) is 1.19. The smallest absolute Gasteiger partial charge is 0.337 e. The van der Waals surface area contributed by atoms with Crippen molar-refractivity contribution in [2.45, 2.75) is 43.0 Å². The average molecular weight is 652 g/mol. The molecular weight excluding hydrogens is 622 g/mol. The number of aliphatic imine (C=N–C) groups is 1. The number of nitrogens with one attached hydrogen (secondary N) is 1.